The fourth-order valence-electron chi connectivity index (χ4n) is 1.68. The highest BCUT2D eigenvalue weighted by Gasteiger charge is 2.18. The van der Waals surface area contributed by atoms with Crippen molar-refractivity contribution < 1.29 is 19.1 Å². The quantitative estimate of drug-likeness (QED) is 0.908. The molecular weight excluding hydrogens is 304 g/mol. The predicted octanol–water partition coefficient (Wildman–Crippen LogP) is 2.89. The number of rotatable bonds is 4. The molecule has 0 unspecified atom stereocenters. The second kappa shape index (κ2) is 7.37. The van der Waals surface area contributed by atoms with E-state index in [9.17, 15) is 14.4 Å². The molecule has 0 aliphatic rings. The highest BCUT2D eigenvalue weighted by molar-refractivity contribution is 7.14. The lowest BCUT2D eigenvalue weighted by molar-refractivity contribution is 0.0926. The number of ether oxygens (including phenoxy) is 1. The van der Waals surface area contributed by atoms with E-state index in [1.54, 1.807) is 42.6 Å². The Kier molecular flexibility index (Phi) is 5.26. The molecule has 3 amide bonds. The first kappa shape index (κ1) is 15.7. The average molecular weight is 318 g/mol. The van der Waals surface area contributed by atoms with Crippen LogP contribution in [0.25, 0.3) is 0 Å². The normalized spacial score (nSPS) is 9.86. The first-order chi connectivity index (χ1) is 10.6. The summed E-state index contributed by atoms with van der Waals surface area (Å²) in [5.74, 6) is -0.948. The molecule has 0 radical (unpaired) electrons. The van der Waals surface area contributed by atoms with Gasteiger partial charge in [-0.2, -0.15) is 0 Å². The zero-order chi connectivity index (χ0) is 15.9. The molecule has 7 heteroatoms. The van der Waals surface area contributed by atoms with Crippen LogP contribution in [-0.2, 0) is 4.74 Å². The highest BCUT2D eigenvalue weighted by Crippen LogP contribution is 2.23. The van der Waals surface area contributed by atoms with Crippen LogP contribution in [0.2, 0.25) is 0 Å². The average Bonchev–Trinajstić information content (AvgIpc) is 2.96. The molecule has 2 aromatic rings. The van der Waals surface area contributed by atoms with Gasteiger partial charge in [0.05, 0.1) is 12.2 Å². The third-order valence-corrected chi connectivity index (χ3v) is 3.49. The zero-order valence-corrected chi connectivity index (χ0v) is 12.6. The van der Waals surface area contributed by atoms with Crippen LogP contribution in [0.5, 0.6) is 0 Å². The molecule has 22 heavy (non-hydrogen) atoms. The SMILES string of the molecule is CCOC(=O)NC(=O)c1ccsc1NC(=O)c1ccccc1. The summed E-state index contributed by atoms with van der Waals surface area (Å²) in [6, 6.07) is 10.2. The van der Waals surface area contributed by atoms with E-state index in [0.29, 0.717) is 10.6 Å². The van der Waals surface area contributed by atoms with Crippen molar-refractivity contribution >= 4 is 34.2 Å². The van der Waals surface area contributed by atoms with Crippen molar-refractivity contribution in [2.75, 3.05) is 11.9 Å². The van der Waals surface area contributed by atoms with Gasteiger partial charge in [0.25, 0.3) is 11.8 Å². The smallest absolute Gasteiger partial charge is 0.414 e. The molecule has 0 fully saturated rings. The lowest BCUT2D eigenvalue weighted by atomic mass is 10.2. The van der Waals surface area contributed by atoms with Gasteiger partial charge in [0, 0.05) is 5.56 Å². The van der Waals surface area contributed by atoms with Crippen molar-refractivity contribution in [3.8, 4) is 0 Å². The summed E-state index contributed by atoms with van der Waals surface area (Å²) >= 11 is 1.20. The van der Waals surface area contributed by atoms with Crippen LogP contribution < -0.4 is 10.6 Å². The fourth-order valence-corrected chi connectivity index (χ4v) is 2.46. The Balaban J connectivity index is 2.08. The molecule has 0 aliphatic heterocycles. The number of anilines is 1. The molecule has 0 bridgehead atoms. The minimum absolute atomic E-state index is 0.167. The van der Waals surface area contributed by atoms with Crippen molar-refractivity contribution in [3.05, 3.63) is 52.9 Å². The van der Waals surface area contributed by atoms with E-state index >= 15 is 0 Å². The molecular formula is C15H14N2O4S. The number of imide groups is 1. The Labute approximate surface area is 131 Å². The summed E-state index contributed by atoms with van der Waals surface area (Å²) in [4.78, 5) is 35.3. The molecule has 0 atom stereocenters. The Morgan fingerprint density at radius 1 is 1.09 bits per heavy atom. The highest BCUT2D eigenvalue weighted by atomic mass is 32.1. The molecule has 2 N–H and O–H groups in total. The van der Waals surface area contributed by atoms with Gasteiger partial charge in [0.2, 0.25) is 0 Å². The molecule has 1 aromatic carbocycles. The third-order valence-electron chi connectivity index (χ3n) is 2.66. The van der Waals surface area contributed by atoms with Crippen LogP contribution in [0, 0.1) is 0 Å². The number of hydrogen-bond donors (Lipinski definition) is 2. The number of amides is 3. The summed E-state index contributed by atoms with van der Waals surface area (Å²) < 4.78 is 4.65. The molecule has 114 valence electrons. The molecule has 1 heterocycles. The molecule has 0 saturated heterocycles. The van der Waals surface area contributed by atoms with E-state index in [-0.39, 0.29) is 18.1 Å². The second-order valence-corrected chi connectivity index (χ2v) is 5.07. The zero-order valence-electron chi connectivity index (χ0n) is 11.8. The molecule has 1 aromatic heterocycles. The van der Waals surface area contributed by atoms with Crippen molar-refractivity contribution in [2.45, 2.75) is 6.92 Å². The Morgan fingerprint density at radius 3 is 2.50 bits per heavy atom. The number of benzene rings is 1. The van der Waals surface area contributed by atoms with E-state index in [1.807, 2.05) is 0 Å². The minimum Gasteiger partial charge on any atom is -0.450 e. The van der Waals surface area contributed by atoms with Gasteiger partial charge in [0.15, 0.2) is 0 Å². The van der Waals surface area contributed by atoms with Crippen molar-refractivity contribution in [1.82, 2.24) is 5.32 Å². The summed E-state index contributed by atoms with van der Waals surface area (Å²) in [6.07, 6.45) is -0.820. The third kappa shape index (κ3) is 3.92. The second-order valence-electron chi connectivity index (χ2n) is 4.16. The molecule has 0 aliphatic carbocycles. The van der Waals surface area contributed by atoms with E-state index < -0.39 is 12.0 Å². The first-order valence-electron chi connectivity index (χ1n) is 6.53. The Hall–Kier alpha value is -2.67. The monoisotopic (exact) mass is 318 g/mol. The van der Waals surface area contributed by atoms with E-state index in [1.165, 1.54) is 17.4 Å². The maximum absolute atomic E-state index is 12.1. The van der Waals surface area contributed by atoms with Gasteiger partial charge in [-0.1, -0.05) is 18.2 Å². The standard InChI is InChI=1S/C15H14N2O4S/c1-2-21-15(20)17-13(19)11-8-9-22-14(11)16-12(18)10-6-4-3-5-7-10/h3-9H,2H2,1H3,(H,16,18)(H,17,19,20). The van der Waals surface area contributed by atoms with E-state index in [0.717, 1.165) is 0 Å². The number of alkyl carbamates (subject to hydrolysis) is 1. The van der Waals surface area contributed by atoms with Gasteiger partial charge >= 0.3 is 6.09 Å². The fraction of sp³-hybridized carbons (Fsp3) is 0.133. The molecule has 6 nitrogen and oxygen atoms in total. The summed E-state index contributed by atoms with van der Waals surface area (Å²) in [7, 11) is 0. The minimum atomic E-state index is -0.820. The topological polar surface area (TPSA) is 84.5 Å². The van der Waals surface area contributed by atoms with Crippen molar-refractivity contribution in [1.29, 1.82) is 0 Å². The van der Waals surface area contributed by atoms with E-state index in [4.69, 9.17) is 0 Å². The summed E-state index contributed by atoms with van der Waals surface area (Å²) in [5, 5.41) is 6.78. The van der Waals surface area contributed by atoms with Gasteiger partial charge < -0.3 is 10.1 Å². The number of carbonyl (C=O) groups is 3. The lowest BCUT2D eigenvalue weighted by Crippen LogP contribution is -2.31. The largest absolute Gasteiger partial charge is 0.450 e. The van der Waals surface area contributed by atoms with Gasteiger partial charge in [-0.15, -0.1) is 11.3 Å². The van der Waals surface area contributed by atoms with E-state index in [2.05, 4.69) is 15.4 Å². The van der Waals surface area contributed by atoms with Crippen molar-refractivity contribution in [2.24, 2.45) is 0 Å². The Bertz CT molecular complexity index is 682. The lowest BCUT2D eigenvalue weighted by Gasteiger charge is -2.07. The van der Waals surface area contributed by atoms with Crippen LogP contribution in [0.1, 0.15) is 27.6 Å². The predicted molar refractivity (Wildman–Crippen MR) is 83.2 cm³/mol. The number of hydrogen-bond acceptors (Lipinski definition) is 5. The van der Waals surface area contributed by atoms with Gasteiger partial charge in [0.1, 0.15) is 5.00 Å². The van der Waals surface area contributed by atoms with Gasteiger partial charge in [-0.3, -0.25) is 14.9 Å². The summed E-state index contributed by atoms with van der Waals surface area (Å²) in [5.41, 5.74) is 0.690. The van der Waals surface area contributed by atoms with Crippen LogP contribution in [0.15, 0.2) is 41.8 Å². The molecule has 0 saturated carbocycles. The molecule has 2 rings (SSSR count). The Morgan fingerprint density at radius 2 is 1.82 bits per heavy atom. The first-order valence-corrected chi connectivity index (χ1v) is 7.41. The number of thiophene rings is 1. The van der Waals surface area contributed by atoms with Crippen LogP contribution in [0.4, 0.5) is 9.80 Å². The maximum atomic E-state index is 12.1. The number of nitrogens with one attached hydrogen (secondary N) is 2. The van der Waals surface area contributed by atoms with Crippen LogP contribution >= 0.6 is 11.3 Å². The van der Waals surface area contributed by atoms with Crippen molar-refractivity contribution in [3.63, 3.8) is 0 Å². The summed E-state index contributed by atoms with van der Waals surface area (Å²) in [6.45, 7) is 1.81. The van der Waals surface area contributed by atoms with Crippen LogP contribution in [-0.4, -0.2) is 24.5 Å². The van der Waals surface area contributed by atoms with Crippen LogP contribution in [0.3, 0.4) is 0 Å². The maximum Gasteiger partial charge on any atom is 0.414 e. The van der Waals surface area contributed by atoms with Gasteiger partial charge in [-0.25, -0.2) is 4.79 Å². The number of carbonyl (C=O) groups excluding carboxylic acids is 3. The van der Waals surface area contributed by atoms with Gasteiger partial charge in [-0.05, 0) is 30.5 Å². The molecule has 0 spiro atoms.